The molecule has 1 heterocycles. The zero-order chi connectivity index (χ0) is 14.8. The highest BCUT2D eigenvalue weighted by Gasteiger charge is 2.52. The van der Waals surface area contributed by atoms with Crippen LogP contribution < -0.4 is 5.46 Å². The Bertz CT molecular complexity index is 441. The molecule has 3 nitrogen and oxygen atoms in total. The normalized spacial score (nSPS) is 20.4. The Morgan fingerprint density at radius 1 is 1.05 bits per heavy atom. The highest BCUT2D eigenvalue weighted by molar-refractivity contribution is 6.62. The molecule has 20 heavy (non-hydrogen) atoms. The summed E-state index contributed by atoms with van der Waals surface area (Å²) in [6.07, 6.45) is 1.99. The molecule has 0 radical (unpaired) electrons. The fraction of sp³-hybridized carbons (Fsp3) is 0.625. The second kappa shape index (κ2) is 5.88. The Balaban J connectivity index is 2.17. The molecule has 0 saturated carbocycles. The van der Waals surface area contributed by atoms with Crippen LogP contribution in [0.2, 0.25) is 0 Å². The molecular formula is C16H25BO3. The molecule has 0 amide bonds. The Labute approximate surface area is 122 Å². The van der Waals surface area contributed by atoms with Gasteiger partial charge < -0.3 is 14.0 Å². The Morgan fingerprint density at radius 3 is 2.25 bits per heavy atom. The van der Waals surface area contributed by atoms with Gasteiger partial charge in [-0.3, -0.25) is 0 Å². The largest absolute Gasteiger partial charge is 0.495 e. The molecule has 1 aliphatic rings. The zero-order valence-corrected chi connectivity index (χ0v) is 13.2. The minimum absolute atomic E-state index is 0.279. The third-order valence-corrected chi connectivity index (χ3v) is 4.36. The molecule has 0 spiro atoms. The third kappa shape index (κ3) is 3.08. The molecule has 0 N–H and O–H groups in total. The Morgan fingerprint density at radius 2 is 1.65 bits per heavy atom. The molecule has 1 aromatic carbocycles. The van der Waals surface area contributed by atoms with Gasteiger partial charge in [-0.05, 0) is 51.6 Å². The lowest BCUT2D eigenvalue weighted by molar-refractivity contribution is 0.00578. The summed E-state index contributed by atoms with van der Waals surface area (Å²) in [5.74, 6) is 0. The highest BCUT2D eigenvalue weighted by atomic mass is 16.7. The van der Waals surface area contributed by atoms with Crippen LogP contribution in [0.3, 0.4) is 0 Å². The van der Waals surface area contributed by atoms with Crippen LogP contribution in [0.25, 0.3) is 0 Å². The number of hydrogen-bond donors (Lipinski definition) is 0. The number of ether oxygens (including phenoxy) is 1. The molecular weight excluding hydrogens is 251 g/mol. The summed E-state index contributed by atoms with van der Waals surface area (Å²) in [4.78, 5) is 0. The van der Waals surface area contributed by atoms with Gasteiger partial charge in [-0.15, -0.1) is 0 Å². The minimum Gasteiger partial charge on any atom is -0.399 e. The van der Waals surface area contributed by atoms with Gasteiger partial charge >= 0.3 is 7.12 Å². The van der Waals surface area contributed by atoms with E-state index in [0.717, 1.165) is 24.9 Å². The first-order valence-corrected chi connectivity index (χ1v) is 7.30. The number of hydrogen-bond acceptors (Lipinski definition) is 3. The molecule has 1 aliphatic heterocycles. The van der Waals surface area contributed by atoms with Gasteiger partial charge in [-0.25, -0.2) is 0 Å². The molecule has 0 atom stereocenters. The van der Waals surface area contributed by atoms with Gasteiger partial charge in [0.2, 0.25) is 0 Å². The third-order valence-electron chi connectivity index (χ3n) is 4.36. The summed E-state index contributed by atoms with van der Waals surface area (Å²) >= 11 is 0. The first kappa shape index (κ1) is 15.6. The van der Waals surface area contributed by atoms with Crippen LogP contribution >= 0.6 is 0 Å². The lowest BCUT2D eigenvalue weighted by atomic mass is 9.75. The molecule has 0 unspecified atom stereocenters. The SMILES string of the molecule is COCCCc1ccccc1B1OC(C)(C)C(C)(C)O1. The molecule has 1 aromatic rings. The van der Waals surface area contributed by atoms with Crippen molar-refractivity contribution >= 4 is 12.6 Å². The molecule has 1 fully saturated rings. The molecule has 2 rings (SSSR count). The minimum atomic E-state index is -0.294. The zero-order valence-electron chi connectivity index (χ0n) is 13.2. The van der Waals surface area contributed by atoms with Gasteiger partial charge in [-0.2, -0.15) is 0 Å². The summed E-state index contributed by atoms with van der Waals surface area (Å²) in [7, 11) is 1.46. The van der Waals surface area contributed by atoms with E-state index in [2.05, 4.69) is 45.9 Å². The number of aryl methyl sites for hydroxylation is 1. The summed E-state index contributed by atoms with van der Waals surface area (Å²) in [6, 6.07) is 8.36. The van der Waals surface area contributed by atoms with E-state index in [1.165, 1.54) is 5.56 Å². The molecule has 1 saturated heterocycles. The summed E-state index contributed by atoms with van der Waals surface area (Å²) in [5, 5.41) is 0. The van der Waals surface area contributed by atoms with Crippen molar-refractivity contribution in [1.82, 2.24) is 0 Å². The Kier molecular flexibility index (Phi) is 4.57. The van der Waals surface area contributed by atoms with Gasteiger partial charge in [-0.1, -0.05) is 24.3 Å². The van der Waals surface area contributed by atoms with Crippen molar-refractivity contribution in [1.29, 1.82) is 0 Å². The standard InChI is InChI=1S/C16H25BO3/c1-15(2)16(3,4)20-17(19-15)14-11-7-6-9-13(14)10-8-12-18-5/h6-7,9,11H,8,10,12H2,1-5H3. The van der Waals surface area contributed by atoms with Crippen molar-refractivity contribution in [3.63, 3.8) is 0 Å². The molecule has 110 valence electrons. The maximum atomic E-state index is 6.14. The van der Waals surface area contributed by atoms with E-state index in [1.807, 2.05) is 6.07 Å². The average molecular weight is 276 g/mol. The maximum Gasteiger partial charge on any atom is 0.495 e. The molecule has 0 aromatic heterocycles. The first-order chi connectivity index (χ1) is 9.37. The smallest absolute Gasteiger partial charge is 0.399 e. The second-order valence-electron chi connectivity index (χ2n) is 6.38. The van der Waals surface area contributed by atoms with E-state index < -0.39 is 0 Å². The van der Waals surface area contributed by atoms with E-state index in [0.29, 0.717) is 0 Å². The van der Waals surface area contributed by atoms with Crippen molar-refractivity contribution in [2.45, 2.75) is 51.7 Å². The highest BCUT2D eigenvalue weighted by Crippen LogP contribution is 2.36. The lowest BCUT2D eigenvalue weighted by Gasteiger charge is -2.32. The van der Waals surface area contributed by atoms with Gasteiger partial charge in [0.05, 0.1) is 11.2 Å². The van der Waals surface area contributed by atoms with Gasteiger partial charge in [0.25, 0.3) is 0 Å². The van der Waals surface area contributed by atoms with Crippen molar-refractivity contribution in [3.8, 4) is 0 Å². The van der Waals surface area contributed by atoms with Gasteiger partial charge in [0.1, 0.15) is 0 Å². The van der Waals surface area contributed by atoms with Crippen LogP contribution in [-0.4, -0.2) is 32.0 Å². The quantitative estimate of drug-likeness (QED) is 0.611. The lowest BCUT2D eigenvalue weighted by Crippen LogP contribution is -2.41. The first-order valence-electron chi connectivity index (χ1n) is 7.30. The fourth-order valence-electron chi connectivity index (χ4n) is 2.37. The number of rotatable bonds is 5. The monoisotopic (exact) mass is 276 g/mol. The Hall–Kier alpha value is -0.835. The number of methoxy groups -OCH3 is 1. The van der Waals surface area contributed by atoms with Crippen LogP contribution in [0, 0.1) is 0 Å². The fourth-order valence-corrected chi connectivity index (χ4v) is 2.37. The summed E-state index contributed by atoms with van der Waals surface area (Å²) in [5.41, 5.74) is 1.83. The van der Waals surface area contributed by atoms with Crippen LogP contribution in [0.5, 0.6) is 0 Å². The van der Waals surface area contributed by atoms with Crippen LogP contribution in [0.4, 0.5) is 0 Å². The van der Waals surface area contributed by atoms with Crippen LogP contribution in [0.15, 0.2) is 24.3 Å². The predicted octanol–water partition coefficient (Wildman–Crippen LogP) is 2.56. The van der Waals surface area contributed by atoms with E-state index in [-0.39, 0.29) is 18.3 Å². The topological polar surface area (TPSA) is 27.7 Å². The van der Waals surface area contributed by atoms with Gasteiger partial charge in [0, 0.05) is 13.7 Å². The van der Waals surface area contributed by atoms with Crippen LogP contribution in [0.1, 0.15) is 39.7 Å². The molecule has 0 bridgehead atoms. The molecule has 0 aliphatic carbocycles. The maximum absolute atomic E-state index is 6.14. The van der Waals surface area contributed by atoms with Gasteiger partial charge in [0.15, 0.2) is 0 Å². The summed E-state index contributed by atoms with van der Waals surface area (Å²) in [6.45, 7) is 9.11. The second-order valence-corrected chi connectivity index (χ2v) is 6.38. The van der Waals surface area contributed by atoms with Crippen molar-refractivity contribution in [2.75, 3.05) is 13.7 Å². The predicted molar refractivity (Wildman–Crippen MR) is 82.4 cm³/mol. The summed E-state index contributed by atoms with van der Waals surface area (Å²) < 4.78 is 17.4. The van der Waals surface area contributed by atoms with Crippen molar-refractivity contribution in [2.24, 2.45) is 0 Å². The van der Waals surface area contributed by atoms with Crippen LogP contribution in [-0.2, 0) is 20.5 Å². The van der Waals surface area contributed by atoms with E-state index in [9.17, 15) is 0 Å². The average Bonchev–Trinajstić information content (AvgIpc) is 2.59. The van der Waals surface area contributed by atoms with E-state index >= 15 is 0 Å². The van der Waals surface area contributed by atoms with E-state index in [1.54, 1.807) is 7.11 Å². The number of benzene rings is 1. The molecule has 4 heteroatoms. The van der Waals surface area contributed by atoms with Crippen molar-refractivity contribution < 1.29 is 14.0 Å². The van der Waals surface area contributed by atoms with Crippen molar-refractivity contribution in [3.05, 3.63) is 29.8 Å². The van der Waals surface area contributed by atoms with E-state index in [4.69, 9.17) is 14.0 Å².